The molecule has 1 atom stereocenters. The molecule has 0 aromatic carbocycles. The molecule has 3 nitrogen and oxygen atoms in total. The minimum Gasteiger partial charge on any atom is -0.333 e. The van der Waals surface area contributed by atoms with E-state index in [0.717, 1.165) is 25.1 Å². The monoisotopic (exact) mass is 201 g/mol. The largest absolute Gasteiger partial charge is 0.333 e. The summed E-state index contributed by atoms with van der Waals surface area (Å²) in [5.41, 5.74) is 6.78. The summed E-state index contributed by atoms with van der Waals surface area (Å²) in [5.74, 6) is 0. The second-order valence-corrected chi connectivity index (χ2v) is 3.64. The molecule has 0 unspecified atom stereocenters. The molecule has 0 aliphatic rings. The second kappa shape index (κ2) is 4.63. The summed E-state index contributed by atoms with van der Waals surface area (Å²) >= 11 is 5.93. The average molecular weight is 202 g/mol. The molecule has 0 radical (unpaired) electrons. The predicted octanol–water partition coefficient (Wildman–Crippen LogP) is 1.84. The van der Waals surface area contributed by atoms with Crippen LogP contribution in [0.2, 0.25) is 5.15 Å². The van der Waals surface area contributed by atoms with Crippen molar-refractivity contribution in [1.82, 2.24) is 9.55 Å². The lowest BCUT2D eigenvalue weighted by molar-refractivity contribution is 0.626. The molecule has 1 heterocycles. The Hall–Kier alpha value is -0.540. The molecule has 2 N–H and O–H groups in total. The fourth-order valence-corrected chi connectivity index (χ4v) is 1.51. The number of aryl methyl sites for hydroxylation is 1. The van der Waals surface area contributed by atoms with Gasteiger partial charge in [-0.25, -0.2) is 4.98 Å². The first-order chi connectivity index (χ1) is 6.15. The van der Waals surface area contributed by atoms with E-state index in [4.69, 9.17) is 17.3 Å². The van der Waals surface area contributed by atoms with Gasteiger partial charge in [-0.2, -0.15) is 0 Å². The van der Waals surface area contributed by atoms with Gasteiger partial charge in [-0.15, -0.1) is 0 Å². The molecule has 13 heavy (non-hydrogen) atoms. The van der Waals surface area contributed by atoms with E-state index in [1.54, 1.807) is 6.33 Å². The minimum absolute atomic E-state index is 0.219. The quantitative estimate of drug-likeness (QED) is 0.808. The van der Waals surface area contributed by atoms with Crippen LogP contribution in [0.1, 0.15) is 26.0 Å². The first-order valence-electron chi connectivity index (χ1n) is 4.60. The van der Waals surface area contributed by atoms with Crippen molar-refractivity contribution in [3.63, 3.8) is 0 Å². The van der Waals surface area contributed by atoms with Crippen LogP contribution in [0.15, 0.2) is 6.33 Å². The van der Waals surface area contributed by atoms with E-state index in [9.17, 15) is 0 Å². The smallest absolute Gasteiger partial charge is 0.150 e. The van der Waals surface area contributed by atoms with E-state index in [1.807, 2.05) is 6.92 Å². The first kappa shape index (κ1) is 10.5. The van der Waals surface area contributed by atoms with Crippen LogP contribution < -0.4 is 5.73 Å². The van der Waals surface area contributed by atoms with Crippen molar-refractivity contribution in [1.29, 1.82) is 0 Å². The number of rotatable bonds is 4. The lowest BCUT2D eigenvalue weighted by Crippen LogP contribution is -2.16. The van der Waals surface area contributed by atoms with Crippen LogP contribution in [0, 0.1) is 0 Å². The molecule has 0 bridgehead atoms. The Kier molecular flexibility index (Phi) is 3.75. The van der Waals surface area contributed by atoms with Crippen molar-refractivity contribution in [2.24, 2.45) is 5.73 Å². The number of nitrogens with zero attached hydrogens (tertiary/aromatic N) is 2. The van der Waals surface area contributed by atoms with Crippen LogP contribution in [-0.4, -0.2) is 15.6 Å². The molecule has 1 aromatic rings. The molecule has 74 valence electrons. The Morgan fingerprint density at radius 1 is 1.69 bits per heavy atom. The van der Waals surface area contributed by atoms with E-state index < -0.39 is 0 Å². The summed E-state index contributed by atoms with van der Waals surface area (Å²) in [6.07, 6.45) is 3.63. The Bertz CT molecular complexity index is 268. The van der Waals surface area contributed by atoms with Gasteiger partial charge in [-0.05, 0) is 26.7 Å². The van der Waals surface area contributed by atoms with Crippen molar-refractivity contribution >= 4 is 11.6 Å². The van der Waals surface area contributed by atoms with Crippen molar-refractivity contribution < 1.29 is 0 Å². The zero-order valence-electron chi connectivity index (χ0n) is 8.13. The lowest BCUT2D eigenvalue weighted by Gasteiger charge is -2.07. The van der Waals surface area contributed by atoms with Crippen LogP contribution in [-0.2, 0) is 13.0 Å². The van der Waals surface area contributed by atoms with Gasteiger partial charge in [0.25, 0.3) is 0 Å². The molecule has 0 aliphatic heterocycles. The summed E-state index contributed by atoms with van der Waals surface area (Å²) in [7, 11) is 0. The van der Waals surface area contributed by atoms with Crippen LogP contribution in [0.3, 0.4) is 0 Å². The second-order valence-electron chi connectivity index (χ2n) is 3.28. The van der Waals surface area contributed by atoms with Gasteiger partial charge in [0, 0.05) is 12.6 Å². The molecule has 0 amide bonds. The fraction of sp³-hybridized carbons (Fsp3) is 0.667. The molecule has 0 aliphatic carbocycles. The molecule has 1 rings (SSSR count). The highest BCUT2D eigenvalue weighted by molar-refractivity contribution is 6.30. The van der Waals surface area contributed by atoms with Crippen molar-refractivity contribution in [3.05, 3.63) is 17.2 Å². The van der Waals surface area contributed by atoms with E-state index in [-0.39, 0.29) is 6.04 Å². The molecule has 1 aromatic heterocycles. The third kappa shape index (κ3) is 2.71. The lowest BCUT2D eigenvalue weighted by atomic mass is 10.1. The van der Waals surface area contributed by atoms with Gasteiger partial charge in [0.15, 0.2) is 0 Å². The van der Waals surface area contributed by atoms with Gasteiger partial charge in [0.05, 0.1) is 12.0 Å². The maximum atomic E-state index is 5.93. The van der Waals surface area contributed by atoms with E-state index in [2.05, 4.69) is 16.5 Å². The van der Waals surface area contributed by atoms with Gasteiger partial charge in [-0.3, -0.25) is 0 Å². The average Bonchev–Trinajstić information content (AvgIpc) is 2.43. The van der Waals surface area contributed by atoms with Crippen LogP contribution in [0.5, 0.6) is 0 Å². The summed E-state index contributed by atoms with van der Waals surface area (Å²) in [4.78, 5) is 4.05. The van der Waals surface area contributed by atoms with Crippen LogP contribution in [0.4, 0.5) is 0 Å². The molecular formula is C9H16ClN3. The predicted molar refractivity (Wildman–Crippen MR) is 54.9 cm³/mol. The van der Waals surface area contributed by atoms with Gasteiger partial charge in [0.1, 0.15) is 5.15 Å². The minimum atomic E-state index is 0.219. The summed E-state index contributed by atoms with van der Waals surface area (Å²) in [6, 6.07) is 0.219. The number of imidazole rings is 1. The maximum absolute atomic E-state index is 5.93. The topological polar surface area (TPSA) is 43.8 Å². The molecule has 0 saturated heterocycles. The Morgan fingerprint density at radius 3 is 2.92 bits per heavy atom. The third-order valence-corrected chi connectivity index (χ3v) is 2.39. The highest BCUT2D eigenvalue weighted by Gasteiger charge is 2.08. The SMILES string of the molecule is CCn1cnc(Cl)c1CC[C@H](C)N. The van der Waals surface area contributed by atoms with Crippen LogP contribution >= 0.6 is 11.6 Å². The van der Waals surface area contributed by atoms with E-state index in [0.29, 0.717) is 5.15 Å². The number of halogens is 1. The van der Waals surface area contributed by atoms with E-state index in [1.165, 1.54) is 0 Å². The highest BCUT2D eigenvalue weighted by Crippen LogP contribution is 2.15. The Morgan fingerprint density at radius 2 is 2.38 bits per heavy atom. The number of aromatic nitrogens is 2. The maximum Gasteiger partial charge on any atom is 0.150 e. The zero-order valence-corrected chi connectivity index (χ0v) is 8.88. The number of nitrogens with two attached hydrogens (primary N) is 1. The summed E-state index contributed by atoms with van der Waals surface area (Å²) in [6.45, 7) is 4.99. The van der Waals surface area contributed by atoms with Crippen LogP contribution in [0.25, 0.3) is 0 Å². The van der Waals surface area contributed by atoms with E-state index >= 15 is 0 Å². The Labute approximate surface area is 83.9 Å². The third-order valence-electron chi connectivity index (χ3n) is 2.07. The molecular weight excluding hydrogens is 186 g/mol. The first-order valence-corrected chi connectivity index (χ1v) is 4.98. The van der Waals surface area contributed by atoms with Gasteiger partial charge in [0.2, 0.25) is 0 Å². The van der Waals surface area contributed by atoms with Gasteiger partial charge >= 0.3 is 0 Å². The number of hydrogen-bond donors (Lipinski definition) is 1. The standard InChI is InChI=1S/C9H16ClN3/c1-3-13-6-12-9(10)8(13)5-4-7(2)11/h6-7H,3-5,11H2,1-2H3/t7-/m0/s1. The fourth-order valence-electron chi connectivity index (χ4n) is 1.27. The van der Waals surface area contributed by atoms with Crippen molar-refractivity contribution in [3.8, 4) is 0 Å². The molecule has 4 heteroatoms. The van der Waals surface area contributed by atoms with Crippen molar-refractivity contribution in [2.75, 3.05) is 0 Å². The molecule has 0 saturated carbocycles. The van der Waals surface area contributed by atoms with Crippen molar-refractivity contribution in [2.45, 2.75) is 39.3 Å². The van der Waals surface area contributed by atoms with Gasteiger partial charge in [-0.1, -0.05) is 11.6 Å². The Balaban J connectivity index is 2.68. The summed E-state index contributed by atoms with van der Waals surface area (Å²) < 4.78 is 2.06. The normalized spacial score (nSPS) is 13.2. The van der Waals surface area contributed by atoms with Gasteiger partial charge < -0.3 is 10.3 Å². The highest BCUT2D eigenvalue weighted by atomic mass is 35.5. The summed E-state index contributed by atoms with van der Waals surface area (Å²) in [5, 5.41) is 0.613. The zero-order chi connectivity index (χ0) is 9.84. The molecule has 0 spiro atoms. The number of hydrogen-bond acceptors (Lipinski definition) is 2. The molecule has 0 fully saturated rings.